The van der Waals surface area contributed by atoms with Gasteiger partial charge in [-0.25, -0.2) is 8.42 Å². The Kier molecular flexibility index (Phi) is 6.82. The van der Waals surface area contributed by atoms with Crippen LogP contribution in [-0.4, -0.2) is 88.2 Å². The topological polar surface area (TPSA) is 116 Å². The largest absolute Gasteiger partial charge is 0.363 e. The number of carbonyl (C=O) groups excluding carboxylic acids is 1. The number of nitrogens with one attached hydrogen (secondary N) is 1. The monoisotopic (exact) mass is 548 g/mol. The van der Waals surface area contributed by atoms with E-state index in [1.54, 1.807) is 42.5 Å². The van der Waals surface area contributed by atoms with Gasteiger partial charge in [-0.15, -0.1) is 0 Å². The molecular formula is C25H32N4O6S2. The number of anilines is 1. The molecule has 0 radical (unpaired) electrons. The number of morpholine rings is 1. The molecule has 12 heteroatoms. The van der Waals surface area contributed by atoms with Crippen molar-refractivity contribution in [3.8, 4) is 11.1 Å². The van der Waals surface area contributed by atoms with E-state index in [0.29, 0.717) is 44.2 Å². The molecule has 3 fully saturated rings. The number of rotatable bonds is 7. The lowest BCUT2D eigenvalue weighted by atomic mass is 9.90. The first kappa shape index (κ1) is 26.1. The lowest BCUT2D eigenvalue weighted by Crippen LogP contribution is -2.59. The number of sulfonamides is 1. The lowest BCUT2D eigenvalue weighted by Gasteiger charge is -2.46. The summed E-state index contributed by atoms with van der Waals surface area (Å²) in [7, 11) is -4.43. The molecule has 0 bridgehead atoms. The van der Waals surface area contributed by atoms with Crippen LogP contribution in [0, 0.1) is 0 Å². The van der Waals surface area contributed by atoms with E-state index >= 15 is 0 Å². The maximum atomic E-state index is 13.4. The average Bonchev–Trinajstić information content (AvgIpc) is 3.71. The van der Waals surface area contributed by atoms with Crippen molar-refractivity contribution in [3.63, 3.8) is 0 Å². The summed E-state index contributed by atoms with van der Waals surface area (Å²) < 4.78 is 62.0. The summed E-state index contributed by atoms with van der Waals surface area (Å²) in [6, 6.07) is 13.9. The zero-order valence-corrected chi connectivity index (χ0v) is 22.6. The fraction of sp³-hybridized carbons (Fsp3) is 0.480. The summed E-state index contributed by atoms with van der Waals surface area (Å²) in [5, 5.41) is 0. The number of nitrogens with zero attached hydrogens (tertiary/aromatic N) is 3. The SMILES string of the molecule is CN(C)S(=O)(=O)Nc1cccc(-c2ccc(S(=O)(=O)N3CCC4(CC3)CN(C3CC3)C(=O)CO4)cc2)c1. The minimum Gasteiger partial charge on any atom is -0.363 e. The zero-order valence-electron chi connectivity index (χ0n) is 21.0. The second kappa shape index (κ2) is 9.66. The van der Waals surface area contributed by atoms with Crippen molar-refractivity contribution in [2.24, 2.45) is 0 Å². The van der Waals surface area contributed by atoms with E-state index < -0.39 is 25.8 Å². The summed E-state index contributed by atoms with van der Waals surface area (Å²) in [5.41, 5.74) is 1.47. The van der Waals surface area contributed by atoms with E-state index in [4.69, 9.17) is 4.74 Å². The van der Waals surface area contributed by atoms with E-state index in [1.807, 2.05) is 11.0 Å². The van der Waals surface area contributed by atoms with Crippen molar-refractivity contribution >= 4 is 31.8 Å². The molecule has 5 rings (SSSR count). The van der Waals surface area contributed by atoms with Crippen LogP contribution in [-0.2, 0) is 29.8 Å². The maximum absolute atomic E-state index is 13.4. The number of piperidine rings is 1. The molecule has 0 unspecified atom stereocenters. The number of ether oxygens (including phenoxy) is 1. The van der Waals surface area contributed by atoms with Crippen LogP contribution in [0.5, 0.6) is 0 Å². The Balaban J connectivity index is 1.26. The number of hydrogen-bond donors (Lipinski definition) is 1. The summed E-state index contributed by atoms with van der Waals surface area (Å²) >= 11 is 0. The van der Waals surface area contributed by atoms with Crippen molar-refractivity contribution in [2.75, 3.05) is 45.1 Å². The van der Waals surface area contributed by atoms with Crippen LogP contribution in [0.3, 0.4) is 0 Å². The zero-order chi connectivity index (χ0) is 26.4. The van der Waals surface area contributed by atoms with E-state index in [1.165, 1.54) is 18.4 Å². The minimum absolute atomic E-state index is 0.0314. The highest BCUT2D eigenvalue weighted by atomic mass is 32.2. The van der Waals surface area contributed by atoms with Gasteiger partial charge in [0.2, 0.25) is 15.9 Å². The Labute approximate surface area is 218 Å². The molecule has 1 aliphatic carbocycles. The summed E-state index contributed by atoms with van der Waals surface area (Å²) in [4.78, 5) is 14.3. The predicted molar refractivity (Wildman–Crippen MR) is 140 cm³/mol. The Morgan fingerprint density at radius 3 is 2.27 bits per heavy atom. The van der Waals surface area contributed by atoms with E-state index in [-0.39, 0.29) is 17.4 Å². The Hall–Kier alpha value is -2.51. The molecule has 2 saturated heterocycles. The Morgan fingerprint density at radius 2 is 1.65 bits per heavy atom. The second-order valence-corrected chi connectivity index (χ2v) is 13.9. The first-order valence-corrected chi connectivity index (χ1v) is 15.2. The average molecular weight is 549 g/mol. The first-order valence-electron chi connectivity index (χ1n) is 12.3. The molecule has 10 nitrogen and oxygen atoms in total. The molecule has 0 aromatic heterocycles. The van der Waals surface area contributed by atoms with Crippen molar-refractivity contribution in [3.05, 3.63) is 48.5 Å². The summed E-state index contributed by atoms with van der Waals surface area (Å²) in [6.07, 6.45) is 3.18. The van der Waals surface area contributed by atoms with Gasteiger partial charge in [0.1, 0.15) is 6.61 Å². The molecule has 3 aliphatic rings. The van der Waals surface area contributed by atoms with Crippen LogP contribution < -0.4 is 4.72 Å². The fourth-order valence-electron chi connectivity index (χ4n) is 4.87. The predicted octanol–water partition coefficient (Wildman–Crippen LogP) is 2.12. The molecule has 2 aromatic rings. The summed E-state index contributed by atoms with van der Waals surface area (Å²) in [5.74, 6) is 0.0314. The highest BCUT2D eigenvalue weighted by Gasteiger charge is 2.47. The lowest BCUT2D eigenvalue weighted by molar-refractivity contribution is -0.170. The maximum Gasteiger partial charge on any atom is 0.301 e. The quantitative estimate of drug-likeness (QED) is 0.567. The molecule has 37 heavy (non-hydrogen) atoms. The number of benzene rings is 2. The van der Waals surface area contributed by atoms with Gasteiger partial charge in [-0.2, -0.15) is 17.0 Å². The Bertz CT molecular complexity index is 1380. The van der Waals surface area contributed by atoms with Crippen LogP contribution >= 0.6 is 0 Å². The summed E-state index contributed by atoms with van der Waals surface area (Å²) in [6.45, 7) is 1.29. The molecule has 1 saturated carbocycles. The highest BCUT2D eigenvalue weighted by Crippen LogP contribution is 2.37. The minimum atomic E-state index is -3.69. The van der Waals surface area contributed by atoms with Crippen molar-refractivity contribution in [1.82, 2.24) is 13.5 Å². The van der Waals surface area contributed by atoms with Gasteiger partial charge in [0.05, 0.1) is 22.7 Å². The van der Waals surface area contributed by atoms with Crippen LogP contribution in [0.1, 0.15) is 25.7 Å². The smallest absolute Gasteiger partial charge is 0.301 e. The van der Waals surface area contributed by atoms with Crippen molar-refractivity contribution < 1.29 is 26.4 Å². The van der Waals surface area contributed by atoms with Gasteiger partial charge in [0.25, 0.3) is 0 Å². The third kappa shape index (κ3) is 5.39. The van der Waals surface area contributed by atoms with E-state index in [9.17, 15) is 21.6 Å². The van der Waals surface area contributed by atoms with Gasteiger partial charge < -0.3 is 9.64 Å². The fourth-order valence-corrected chi connectivity index (χ4v) is 6.92. The number of hydrogen-bond acceptors (Lipinski definition) is 6. The highest BCUT2D eigenvalue weighted by molar-refractivity contribution is 7.90. The van der Waals surface area contributed by atoms with Crippen LogP contribution in [0.15, 0.2) is 53.4 Å². The molecule has 0 atom stereocenters. The molecule has 1 N–H and O–H groups in total. The van der Waals surface area contributed by atoms with E-state index in [0.717, 1.165) is 28.3 Å². The third-order valence-electron chi connectivity index (χ3n) is 7.32. The normalized spacial score (nSPS) is 20.9. The molecular weight excluding hydrogens is 516 g/mol. The van der Waals surface area contributed by atoms with Crippen LogP contribution in [0.2, 0.25) is 0 Å². The van der Waals surface area contributed by atoms with Gasteiger partial charge in [0.15, 0.2) is 0 Å². The standard InChI is InChI=1S/C25H32N4O6S2/c1-27(2)37(33,34)26-21-5-3-4-20(16-21)19-6-10-23(11-7-19)36(31,32)28-14-12-25(13-15-28)18-29(22-8-9-22)24(30)17-35-25/h3-7,10-11,16,22,26H,8-9,12-15,17-18H2,1-2H3. The molecule has 2 aliphatic heterocycles. The number of amides is 1. The molecule has 2 heterocycles. The van der Waals surface area contributed by atoms with E-state index in [2.05, 4.69) is 4.72 Å². The molecule has 1 spiro atoms. The molecule has 1 amide bonds. The third-order valence-corrected chi connectivity index (χ3v) is 10.7. The van der Waals surface area contributed by atoms with Gasteiger partial charge in [-0.3, -0.25) is 9.52 Å². The first-order chi connectivity index (χ1) is 17.5. The van der Waals surface area contributed by atoms with Gasteiger partial charge in [-0.05, 0) is 61.1 Å². The second-order valence-electron chi connectivity index (χ2n) is 10.1. The van der Waals surface area contributed by atoms with Crippen LogP contribution in [0.25, 0.3) is 11.1 Å². The molecule has 200 valence electrons. The Morgan fingerprint density at radius 1 is 0.973 bits per heavy atom. The van der Waals surface area contributed by atoms with Crippen LogP contribution in [0.4, 0.5) is 5.69 Å². The number of carbonyl (C=O) groups is 1. The van der Waals surface area contributed by atoms with Gasteiger partial charge in [-0.1, -0.05) is 24.3 Å². The van der Waals surface area contributed by atoms with Crippen molar-refractivity contribution in [1.29, 1.82) is 0 Å². The van der Waals surface area contributed by atoms with Gasteiger partial charge in [0, 0.05) is 33.2 Å². The van der Waals surface area contributed by atoms with Gasteiger partial charge >= 0.3 is 10.2 Å². The van der Waals surface area contributed by atoms with Crippen molar-refractivity contribution in [2.45, 2.75) is 42.2 Å². The molecule has 2 aromatic carbocycles.